The molecule has 1 aliphatic heterocycles. The van der Waals surface area contributed by atoms with Crippen molar-refractivity contribution in [2.45, 2.75) is 104 Å². The first-order chi connectivity index (χ1) is 18.2. The maximum absolute atomic E-state index is 6.45. The lowest BCUT2D eigenvalue weighted by atomic mass is 9.97. The lowest BCUT2D eigenvalue weighted by molar-refractivity contribution is -0.668. The fourth-order valence-corrected chi connectivity index (χ4v) is 5.55. The van der Waals surface area contributed by atoms with E-state index < -0.39 is 0 Å². The summed E-state index contributed by atoms with van der Waals surface area (Å²) in [5.41, 5.74) is 4.35. The molecule has 1 heterocycles. The Balaban J connectivity index is 1.29. The molecule has 0 bridgehead atoms. The van der Waals surface area contributed by atoms with Crippen LogP contribution in [0.2, 0.25) is 0 Å². The average Bonchev–Trinajstić information content (AvgIpc) is 2.91. The number of ether oxygens (including phenoxy) is 1. The van der Waals surface area contributed by atoms with Crippen LogP contribution in [0.15, 0.2) is 58.8 Å². The Hall–Kier alpha value is -2.59. The minimum atomic E-state index is 0.323. The molecule has 200 valence electrons. The zero-order chi connectivity index (χ0) is 25.9. The van der Waals surface area contributed by atoms with Crippen LogP contribution in [0.25, 0.3) is 10.8 Å². The first kappa shape index (κ1) is 27.4. The van der Waals surface area contributed by atoms with Gasteiger partial charge in [-0.25, -0.2) is 4.99 Å². The Kier molecular flexibility index (Phi) is 10.7. The van der Waals surface area contributed by atoms with Crippen molar-refractivity contribution in [2.24, 2.45) is 4.99 Å². The maximum Gasteiger partial charge on any atom is 0.155 e. The van der Waals surface area contributed by atoms with Crippen molar-refractivity contribution >= 4 is 27.9 Å². The van der Waals surface area contributed by atoms with Gasteiger partial charge in [-0.15, -0.1) is 0 Å². The normalized spacial score (nSPS) is 16.4. The molecule has 1 unspecified atom stereocenters. The van der Waals surface area contributed by atoms with E-state index in [1.165, 1.54) is 88.0 Å². The van der Waals surface area contributed by atoms with Crippen molar-refractivity contribution < 1.29 is 10.1 Å². The summed E-state index contributed by atoms with van der Waals surface area (Å²) in [6, 6.07) is 11.0. The van der Waals surface area contributed by atoms with Crippen molar-refractivity contribution in [3.8, 4) is 5.75 Å². The maximum atomic E-state index is 6.45. The average molecular weight is 503 g/mol. The van der Waals surface area contributed by atoms with Crippen LogP contribution < -0.4 is 15.4 Å². The highest BCUT2D eigenvalue weighted by molar-refractivity contribution is 6.14. The first-order valence-electron chi connectivity index (χ1n) is 15.0. The fourth-order valence-electron chi connectivity index (χ4n) is 5.55. The molecule has 2 aliphatic rings. The third-order valence-corrected chi connectivity index (χ3v) is 7.74. The van der Waals surface area contributed by atoms with Crippen LogP contribution in [-0.4, -0.2) is 24.8 Å². The van der Waals surface area contributed by atoms with Gasteiger partial charge in [0.25, 0.3) is 0 Å². The SMILES string of the molecule is CCCCCCCCCCCCCCNc1cc2c(c3ccccc13)N=C1C=C(C)C([NH2+]CC)C=C1O2. The van der Waals surface area contributed by atoms with Gasteiger partial charge in [-0.2, -0.15) is 0 Å². The van der Waals surface area contributed by atoms with E-state index in [-0.39, 0.29) is 0 Å². The number of nitrogens with zero attached hydrogens (tertiary/aromatic N) is 1. The molecule has 0 radical (unpaired) electrons. The van der Waals surface area contributed by atoms with Gasteiger partial charge in [0.15, 0.2) is 11.5 Å². The molecule has 2 aromatic carbocycles. The van der Waals surface area contributed by atoms with Gasteiger partial charge in [0, 0.05) is 35.1 Å². The summed E-state index contributed by atoms with van der Waals surface area (Å²) in [4.78, 5) is 5.06. The summed E-state index contributed by atoms with van der Waals surface area (Å²) < 4.78 is 6.45. The molecule has 3 N–H and O–H groups in total. The van der Waals surface area contributed by atoms with Crippen LogP contribution in [0.3, 0.4) is 0 Å². The van der Waals surface area contributed by atoms with Gasteiger partial charge < -0.3 is 15.4 Å². The third kappa shape index (κ3) is 7.47. The lowest BCUT2D eigenvalue weighted by Crippen LogP contribution is -2.89. The molecule has 4 heteroatoms. The number of hydrogen-bond acceptors (Lipinski definition) is 3. The molecule has 4 rings (SSSR count). The van der Waals surface area contributed by atoms with Crippen LogP contribution >= 0.6 is 0 Å². The molecule has 0 saturated carbocycles. The number of hydrogen-bond donors (Lipinski definition) is 2. The number of likely N-dealkylation sites (N-methyl/N-ethyl adjacent to an activating group) is 1. The third-order valence-electron chi connectivity index (χ3n) is 7.74. The van der Waals surface area contributed by atoms with Crippen LogP contribution in [0.4, 0.5) is 11.4 Å². The second kappa shape index (κ2) is 14.4. The predicted molar refractivity (Wildman–Crippen MR) is 159 cm³/mol. The number of nitrogens with two attached hydrogens (primary N) is 1. The number of unbranched alkanes of at least 4 members (excludes halogenated alkanes) is 11. The lowest BCUT2D eigenvalue weighted by Gasteiger charge is -2.25. The summed E-state index contributed by atoms with van der Waals surface area (Å²) in [7, 11) is 0. The first-order valence-corrected chi connectivity index (χ1v) is 15.0. The molecule has 4 nitrogen and oxygen atoms in total. The summed E-state index contributed by atoms with van der Waals surface area (Å²) in [5.74, 6) is 1.74. The second-order valence-corrected chi connectivity index (χ2v) is 10.8. The van der Waals surface area contributed by atoms with Gasteiger partial charge in [0.05, 0.1) is 6.54 Å². The molecule has 37 heavy (non-hydrogen) atoms. The fraction of sp³-hybridized carbons (Fsp3) is 0.545. The number of aliphatic imine (C=N–C) groups is 1. The van der Waals surface area contributed by atoms with Crippen LogP contribution in [0, 0.1) is 0 Å². The minimum Gasteiger partial charge on any atom is -0.453 e. The number of allylic oxidation sites excluding steroid dienone is 1. The quantitative estimate of drug-likeness (QED) is 0.227. The van der Waals surface area contributed by atoms with Crippen molar-refractivity contribution in [1.82, 2.24) is 0 Å². The highest BCUT2D eigenvalue weighted by Crippen LogP contribution is 2.44. The standard InChI is InChI=1S/C33H47N3O/c1-4-6-7-8-9-10-11-12-13-14-15-18-21-35-29-24-32-33(27-20-17-16-19-26(27)29)36-30-22-25(3)28(34-5-2)23-31(30)37-32/h16-17,19-20,22-24,28,34-35H,4-15,18,21H2,1-3H3/p+1. The zero-order valence-electron chi connectivity index (χ0n) is 23.5. The number of rotatable bonds is 16. The Bertz CT molecular complexity index is 1110. The van der Waals surface area contributed by atoms with Crippen molar-refractivity contribution in [1.29, 1.82) is 0 Å². The second-order valence-electron chi connectivity index (χ2n) is 10.8. The summed E-state index contributed by atoms with van der Waals surface area (Å²) in [5, 5.41) is 8.41. The van der Waals surface area contributed by atoms with E-state index in [9.17, 15) is 0 Å². The van der Waals surface area contributed by atoms with Gasteiger partial charge >= 0.3 is 0 Å². The molecule has 1 atom stereocenters. The summed E-state index contributed by atoms with van der Waals surface area (Å²) in [6.45, 7) is 8.70. The molecule has 1 aliphatic carbocycles. The molecule has 0 amide bonds. The van der Waals surface area contributed by atoms with Gasteiger partial charge in [0.2, 0.25) is 0 Å². The highest BCUT2D eigenvalue weighted by Gasteiger charge is 2.27. The molecule has 0 spiro atoms. The van der Waals surface area contributed by atoms with E-state index in [0.29, 0.717) is 6.04 Å². The van der Waals surface area contributed by atoms with Crippen molar-refractivity contribution in [3.63, 3.8) is 0 Å². The number of benzene rings is 2. The van der Waals surface area contributed by atoms with Gasteiger partial charge in [-0.1, -0.05) is 102 Å². The number of nitrogens with one attached hydrogen (secondary N) is 1. The van der Waals surface area contributed by atoms with E-state index in [1.807, 2.05) is 0 Å². The number of quaternary nitrogens is 1. The van der Waals surface area contributed by atoms with E-state index >= 15 is 0 Å². The molecular formula is C33H48N3O+. The topological polar surface area (TPSA) is 50.2 Å². The van der Waals surface area contributed by atoms with E-state index in [0.717, 1.165) is 47.1 Å². The van der Waals surface area contributed by atoms with Crippen LogP contribution in [0.1, 0.15) is 97.8 Å². The highest BCUT2D eigenvalue weighted by atomic mass is 16.5. The molecule has 2 aromatic rings. The van der Waals surface area contributed by atoms with E-state index in [2.05, 4.69) is 73.9 Å². The number of fused-ring (bicyclic) bond motifs is 4. The van der Waals surface area contributed by atoms with Crippen LogP contribution in [0.5, 0.6) is 5.75 Å². The molecule has 0 saturated heterocycles. The van der Waals surface area contributed by atoms with Crippen LogP contribution in [-0.2, 0) is 0 Å². The van der Waals surface area contributed by atoms with Crippen molar-refractivity contribution in [2.75, 3.05) is 18.4 Å². The number of anilines is 1. The zero-order valence-corrected chi connectivity index (χ0v) is 23.5. The monoisotopic (exact) mass is 502 g/mol. The Morgan fingerprint density at radius 2 is 1.51 bits per heavy atom. The Labute approximate surface area is 224 Å². The Morgan fingerprint density at radius 1 is 0.865 bits per heavy atom. The van der Waals surface area contributed by atoms with E-state index in [1.54, 1.807) is 0 Å². The Morgan fingerprint density at radius 3 is 2.19 bits per heavy atom. The largest absolute Gasteiger partial charge is 0.453 e. The minimum absolute atomic E-state index is 0.323. The van der Waals surface area contributed by atoms with Crippen molar-refractivity contribution in [3.05, 3.63) is 53.8 Å². The molecule has 0 fully saturated rings. The molecular weight excluding hydrogens is 454 g/mol. The van der Waals surface area contributed by atoms with E-state index in [4.69, 9.17) is 9.73 Å². The van der Waals surface area contributed by atoms with Gasteiger partial charge in [-0.3, -0.25) is 0 Å². The molecule has 0 aromatic heterocycles. The van der Waals surface area contributed by atoms with Gasteiger partial charge in [-0.05, 0) is 31.9 Å². The summed E-state index contributed by atoms with van der Waals surface area (Å²) >= 11 is 0. The van der Waals surface area contributed by atoms with Gasteiger partial charge in [0.1, 0.15) is 17.4 Å². The smallest absolute Gasteiger partial charge is 0.155 e. The predicted octanol–water partition coefficient (Wildman–Crippen LogP) is 8.21. The summed E-state index contributed by atoms with van der Waals surface area (Å²) in [6.07, 6.45) is 20.9.